The summed E-state index contributed by atoms with van der Waals surface area (Å²) in [5.41, 5.74) is 2.03. The number of rotatable bonds is 2. The Morgan fingerprint density at radius 1 is 1.10 bits per heavy atom. The molecule has 2 nitrogen and oxygen atoms in total. The Kier molecular flexibility index (Phi) is 1.97. The van der Waals surface area contributed by atoms with E-state index in [2.05, 4.69) is 17.1 Å². The van der Waals surface area contributed by atoms with Gasteiger partial charge in [-0.05, 0) is 55.9 Å². The molecule has 6 rings (SSSR count). The van der Waals surface area contributed by atoms with Crippen LogP contribution < -0.4 is 0 Å². The second-order valence-electron chi connectivity index (χ2n) is 7.28. The van der Waals surface area contributed by atoms with Crippen LogP contribution in [0, 0.1) is 23.2 Å². The van der Waals surface area contributed by atoms with Gasteiger partial charge in [-0.15, -0.1) is 0 Å². The Hall–Kier alpha value is -1.57. The lowest BCUT2D eigenvalue weighted by atomic mass is 9.71. The van der Waals surface area contributed by atoms with Gasteiger partial charge >= 0.3 is 0 Å². The quantitative estimate of drug-likeness (QED) is 0.812. The highest BCUT2D eigenvalue weighted by Crippen LogP contribution is 2.66. The van der Waals surface area contributed by atoms with Crippen molar-refractivity contribution in [1.82, 2.24) is 4.98 Å². The molecular formula is C18H19NO. The third kappa shape index (κ3) is 1.23. The van der Waals surface area contributed by atoms with Crippen molar-refractivity contribution in [2.24, 2.45) is 23.2 Å². The molecule has 4 fully saturated rings. The van der Waals surface area contributed by atoms with Crippen LogP contribution in [0.5, 0.6) is 0 Å². The van der Waals surface area contributed by atoms with E-state index in [-0.39, 0.29) is 5.41 Å². The molecule has 1 aromatic heterocycles. The van der Waals surface area contributed by atoms with E-state index in [0.29, 0.717) is 11.7 Å². The number of para-hydroxylation sites is 1. The summed E-state index contributed by atoms with van der Waals surface area (Å²) in [4.78, 5) is 16.5. The van der Waals surface area contributed by atoms with Crippen LogP contribution in [0.3, 0.4) is 0 Å². The lowest BCUT2D eigenvalue weighted by molar-refractivity contribution is 0.0730. The summed E-state index contributed by atoms with van der Waals surface area (Å²) in [7, 11) is 0. The van der Waals surface area contributed by atoms with Crippen molar-refractivity contribution in [2.75, 3.05) is 0 Å². The van der Waals surface area contributed by atoms with Gasteiger partial charge in [-0.25, -0.2) is 0 Å². The monoisotopic (exact) mass is 265 g/mol. The SMILES string of the molecule is O=C(c1c[nH]c2ccccc12)C12C[C@@H]3CC1C[C@@H](C3)C2. The van der Waals surface area contributed by atoms with Crippen LogP contribution in [-0.4, -0.2) is 10.8 Å². The van der Waals surface area contributed by atoms with Crippen LogP contribution in [0.25, 0.3) is 10.9 Å². The molecule has 2 unspecified atom stereocenters. The fourth-order valence-electron chi connectivity index (χ4n) is 5.69. The maximum atomic E-state index is 13.3. The summed E-state index contributed by atoms with van der Waals surface area (Å²) in [6.45, 7) is 0. The molecule has 0 saturated heterocycles. The molecule has 4 atom stereocenters. The number of H-pyrrole nitrogens is 1. The van der Waals surface area contributed by atoms with Crippen LogP contribution in [0.1, 0.15) is 42.5 Å². The second-order valence-corrected chi connectivity index (χ2v) is 7.28. The number of benzene rings is 1. The van der Waals surface area contributed by atoms with Crippen molar-refractivity contribution in [1.29, 1.82) is 0 Å². The molecule has 2 aromatic rings. The minimum Gasteiger partial charge on any atom is -0.360 e. The van der Waals surface area contributed by atoms with E-state index in [1.807, 2.05) is 18.3 Å². The minimum absolute atomic E-state index is 0.00144. The molecule has 0 spiro atoms. The fourth-order valence-corrected chi connectivity index (χ4v) is 5.69. The van der Waals surface area contributed by atoms with Crippen LogP contribution in [0.15, 0.2) is 30.5 Å². The van der Waals surface area contributed by atoms with Crippen molar-refractivity contribution in [2.45, 2.75) is 32.1 Å². The number of carbonyl (C=O) groups is 1. The van der Waals surface area contributed by atoms with E-state index in [1.54, 1.807) is 0 Å². The Balaban J connectivity index is 1.63. The molecule has 4 aliphatic carbocycles. The third-order valence-corrected chi connectivity index (χ3v) is 6.28. The Labute approximate surface area is 118 Å². The zero-order valence-electron chi connectivity index (χ0n) is 11.6. The number of ketones is 1. The summed E-state index contributed by atoms with van der Waals surface area (Å²) in [5.74, 6) is 2.78. The first kappa shape index (κ1) is 11.1. The Morgan fingerprint density at radius 2 is 1.85 bits per heavy atom. The topological polar surface area (TPSA) is 32.9 Å². The summed E-state index contributed by atoms with van der Waals surface area (Å²) in [6, 6.07) is 8.19. The second kappa shape index (κ2) is 3.55. The molecule has 0 radical (unpaired) electrons. The number of aromatic nitrogens is 1. The molecule has 0 aliphatic heterocycles. The molecule has 1 aromatic carbocycles. The molecule has 20 heavy (non-hydrogen) atoms. The first-order chi connectivity index (χ1) is 9.76. The van der Waals surface area contributed by atoms with E-state index in [0.717, 1.165) is 41.1 Å². The highest BCUT2D eigenvalue weighted by atomic mass is 16.1. The zero-order chi connectivity index (χ0) is 13.3. The number of hydrogen-bond acceptors (Lipinski definition) is 1. The third-order valence-electron chi connectivity index (χ3n) is 6.28. The first-order valence-corrected chi connectivity index (χ1v) is 7.87. The summed E-state index contributed by atoms with van der Waals surface area (Å²) in [5, 5.41) is 1.11. The molecule has 4 saturated carbocycles. The van der Waals surface area contributed by atoms with Crippen molar-refractivity contribution in [3.05, 3.63) is 36.0 Å². The normalized spacial score (nSPS) is 37.9. The van der Waals surface area contributed by atoms with Gasteiger partial charge in [0.25, 0.3) is 0 Å². The maximum absolute atomic E-state index is 13.3. The smallest absolute Gasteiger partial charge is 0.171 e. The van der Waals surface area contributed by atoms with E-state index in [4.69, 9.17) is 0 Å². The Bertz CT molecular complexity index is 699. The highest BCUT2D eigenvalue weighted by molar-refractivity contribution is 6.11. The van der Waals surface area contributed by atoms with Crippen molar-refractivity contribution >= 4 is 16.7 Å². The van der Waals surface area contributed by atoms with Crippen molar-refractivity contribution in [3.63, 3.8) is 0 Å². The minimum atomic E-state index is -0.00144. The van der Waals surface area contributed by atoms with Gasteiger partial charge in [-0.3, -0.25) is 4.79 Å². The van der Waals surface area contributed by atoms with E-state index >= 15 is 0 Å². The van der Waals surface area contributed by atoms with Crippen LogP contribution in [0.4, 0.5) is 0 Å². The predicted molar refractivity (Wildman–Crippen MR) is 78.6 cm³/mol. The Morgan fingerprint density at radius 3 is 2.65 bits per heavy atom. The fraction of sp³-hybridized carbons (Fsp3) is 0.500. The maximum Gasteiger partial charge on any atom is 0.171 e. The number of hydrogen-bond donors (Lipinski definition) is 1. The molecule has 4 aliphatic rings. The van der Waals surface area contributed by atoms with E-state index in [9.17, 15) is 4.79 Å². The summed E-state index contributed by atoms with van der Waals surface area (Å²) >= 11 is 0. The van der Waals surface area contributed by atoms with Gasteiger partial charge in [0.1, 0.15) is 0 Å². The average Bonchev–Trinajstić information content (AvgIpc) is 3.06. The van der Waals surface area contributed by atoms with Gasteiger partial charge in [0.05, 0.1) is 0 Å². The van der Waals surface area contributed by atoms with Crippen molar-refractivity contribution in [3.8, 4) is 0 Å². The molecule has 4 bridgehead atoms. The van der Waals surface area contributed by atoms with Gasteiger partial charge < -0.3 is 4.98 Å². The summed E-state index contributed by atoms with van der Waals surface area (Å²) < 4.78 is 0. The van der Waals surface area contributed by atoms with Crippen LogP contribution in [-0.2, 0) is 0 Å². The lowest BCUT2D eigenvalue weighted by Crippen LogP contribution is -2.32. The lowest BCUT2D eigenvalue weighted by Gasteiger charge is -2.31. The highest BCUT2D eigenvalue weighted by Gasteiger charge is 2.61. The molecule has 1 N–H and O–H groups in total. The molecular weight excluding hydrogens is 246 g/mol. The van der Waals surface area contributed by atoms with Crippen LogP contribution in [0.2, 0.25) is 0 Å². The van der Waals surface area contributed by atoms with Gasteiger partial charge in [0, 0.05) is 28.1 Å². The molecule has 2 heteroatoms. The standard InChI is InChI=1S/C18H19NO/c20-17(15-10-19-16-4-2-1-3-14(15)16)18-8-11-5-12(9-18)7-13(18)6-11/h1-4,10-13,19H,5-9H2/t11-,12+,13?,18?. The van der Waals surface area contributed by atoms with Gasteiger partial charge in [0.2, 0.25) is 0 Å². The van der Waals surface area contributed by atoms with Crippen LogP contribution >= 0.6 is 0 Å². The predicted octanol–water partition coefficient (Wildman–Crippen LogP) is 4.18. The first-order valence-electron chi connectivity index (χ1n) is 7.87. The number of Topliss-reactive ketones (excluding diaryl/α,β-unsaturated/α-hetero) is 1. The largest absolute Gasteiger partial charge is 0.360 e. The zero-order valence-corrected chi connectivity index (χ0v) is 11.6. The molecule has 102 valence electrons. The number of fused-ring (bicyclic) bond motifs is 1. The average molecular weight is 265 g/mol. The number of carbonyl (C=O) groups excluding carboxylic acids is 1. The number of aromatic amines is 1. The van der Waals surface area contributed by atoms with E-state index in [1.165, 1.54) is 19.3 Å². The molecule has 1 heterocycles. The van der Waals surface area contributed by atoms with Crippen molar-refractivity contribution < 1.29 is 4.79 Å². The summed E-state index contributed by atoms with van der Waals surface area (Å²) in [6.07, 6.45) is 8.27. The van der Waals surface area contributed by atoms with Gasteiger partial charge in [0.15, 0.2) is 5.78 Å². The number of nitrogens with one attached hydrogen (secondary N) is 1. The van der Waals surface area contributed by atoms with Gasteiger partial charge in [-0.2, -0.15) is 0 Å². The van der Waals surface area contributed by atoms with Gasteiger partial charge in [-0.1, -0.05) is 18.2 Å². The van der Waals surface area contributed by atoms with E-state index < -0.39 is 0 Å². The molecule has 0 amide bonds.